The van der Waals surface area contributed by atoms with Gasteiger partial charge in [-0.2, -0.15) is 0 Å². The first-order chi connectivity index (χ1) is 17.5. The summed E-state index contributed by atoms with van der Waals surface area (Å²) in [6.07, 6.45) is 23.6. The third-order valence-electron chi connectivity index (χ3n) is 7.09. The lowest BCUT2D eigenvalue weighted by Crippen LogP contribution is -2.04. The first-order valence-electron chi connectivity index (χ1n) is 14.4. The molecule has 2 heteroatoms. The second-order valence-corrected chi connectivity index (χ2v) is 10.3. The SMILES string of the molecule is C=C(CC/C=C/C1=CC(CC/C=C(\N=C(C)CC)C(C)CCCC)CC=N1)c1ccccc1CCC. The summed E-state index contributed by atoms with van der Waals surface area (Å²) in [4.78, 5) is 9.60. The van der Waals surface area contributed by atoms with Crippen LogP contribution in [0, 0.1) is 11.8 Å². The van der Waals surface area contributed by atoms with E-state index in [-0.39, 0.29) is 0 Å². The van der Waals surface area contributed by atoms with Gasteiger partial charge in [0, 0.05) is 17.6 Å². The molecule has 0 aromatic heterocycles. The number of allylic oxidation sites excluding steroid dienone is 6. The maximum absolute atomic E-state index is 4.96. The molecule has 1 aliphatic rings. The largest absolute Gasteiger partial charge is 0.263 e. The van der Waals surface area contributed by atoms with Crippen LogP contribution in [0.3, 0.4) is 0 Å². The van der Waals surface area contributed by atoms with E-state index in [1.54, 1.807) is 0 Å². The Balaban J connectivity index is 1.90. The fourth-order valence-electron chi connectivity index (χ4n) is 4.65. The second kappa shape index (κ2) is 17.1. The molecule has 0 radical (unpaired) electrons. The van der Waals surface area contributed by atoms with Crippen molar-refractivity contribution in [1.82, 2.24) is 0 Å². The van der Waals surface area contributed by atoms with E-state index in [4.69, 9.17) is 4.99 Å². The van der Waals surface area contributed by atoms with Crippen LogP contribution >= 0.6 is 0 Å². The van der Waals surface area contributed by atoms with Gasteiger partial charge in [0.15, 0.2) is 0 Å². The van der Waals surface area contributed by atoms with Gasteiger partial charge in [0.1, 0.15) is 0 Å². The monoisotopic (exact) mass is 486 g/mol. The van der Waals surface area contributed by atoms with Gasteiger partial charge < -0.3 is 0 Å². The maximum atomic E-state index is 4.96. The number of benzene rings is 1. The van der Waals surface area contributed by atoms with Gasteiger partial charge in [-0.15, -0.1) is 0 Å². The zero-order valence-corrected chi connectivity index (χ0v) is 23.7. The van der Waals surface area contributed by atoms with Gasteiger partial charge in [-0.25, -0.2) is 0 Å². The minimum atomic E-state index is 0.539. The zero-order valence-electron chi connectivity index (χ0n) is 23.7. The lowest BCUT2D eigenvalue weighted by molar-refractivity contribution is 0.559. The average Bonchev–Trinajstić information content (AvgIpc) is 2.89. The van der Waals surface area contributed by atoms with E-state index >= 15 is 0 Å². The van der Waals surface area contributed by atoms with Gasteiger partial charge in [-0.05, 0) is 92.9 Å². The molecule has 1 aromatic carbocycles. The van der Waals surface area contributed by atoms with Crippen LogP contribution in [0.2, 0.25) is 0 Å². The third-order valence-corrected chi connectivity index (χ3v) is 7.09. The second-order valence-electron chi connectivity index (χ2n) is 10.3. The van der Waals surface area contributed by atoms with Gasteiger partial charge in [0.2, 0.25) is 0 Å². The fourth-order valence-corrected chi connectivity index (χ4v) is 4.65. The molecule has 1 aliphatic heterocycles. The van der Waals surface area contributed by atoms with Gasteiger partial charge in [0.25, 0.3) is 0 Å². The van der Waals surface area contributed by atoms with E-state index in [0.717, 1.165) is 57.1 Å². The standard InChI is InChI=1S/C34H50N2/c1-7-10-17-28(5)34(36-29(6)9-3)23-15-19-30-24-25-35-32(26-30)21-13-11-18-27(4)33-22-14-12-20-31(33)16-8-2/h12-14,20-23,25-26,28,30H,4,7-11,15-19,24H2,1-3,5-6H3/b21-13+,34-23-,36-29?. The van der Waals surface area contributed by atoms with Crippen LogP contribution in [0.25, 0.3) is 5.57 Å². The number of hydrogen-bond acceptors (Lipinski definition) is 2. The average molecular weight is 487 g/mol. The number of aliphatic imine (C=N–C) groups is 2. The molecule has 0 saturated carbocycles. The Morgan fingerprint density at radius 3 is 2.72 bits per heavy atom. The van der Waals surface area contributed by atoms with Crippen molar-refractivity contribution in [2.24, 2.45) is 21.8 Å². The van der Waals surface area contributed by atoms with E-state index in [0.29, 0.717) is 11.8 Å². The minimum Gasteiger partial charge on any atom is -0.263 e. The maximum Gasteiger partial charge on any atom is 0.0585 e. The van der Waals surface area contributed by atoms with E-state index in [1.165, 1.54) is 47.4 Å². The summed E-state index contributed by atoms with van der Waals surface area (Å²) in [5, 5.41) is 0. The summed E-state index contributed by atoms with van der Waals surface area (Å²) in [5.41, 5.74) is 7.61. The fraction of sp³-hybridized carbons (Fsp3) is 0.529. The highest BCUT2D eigenvalue weighted by atomic mass is 14.8. The summed E-state index contributed by atoms with van der Waals surface area (Å²) in [6.45, 7) is 15.5. The van der Waals surface area contributed by atoms with Crippen molar-refractivity contribution in [3.8, 4) is 0 Å². The van der Waals surface area contributed by atoms with Crippen LogP contribution in [-0.2, 0) is 6.42 Å². The number of aryl methyl sites for hydroxylation is 1. The summed E-state index contributed by atoms with van der Waals surface area (Å²) < 4.78 is 0. The molecule has 0 N–H and O–H groups in total. The molecule has 1 heterocycles. The number of hydrogen-bond donors (Lipinski definition) is 0. The van der Waals surface area contributed by atoms with E-state index < -0.39 is 0 Å². The number of unbranched alkanes of at least 4 members (excludes halogenated alkanes) is 1. The van der Waals surface area contributed by atoms with Crippen molar-refractivity contribution in [2.45, 2.75) is 105 Å². The van der Waals surface area contributed by atoms with Crippen molar-refractivity contribution in [2.75, 3.05) is 0 Å². The van der Waals surface area contributed by atoms with Crippen molar-refractivity contribution in [1.29, 1.82) is 0 Å². The van der Waals surface area contributed by atoms with E-state index in [2.05, 4.69) is 101 Å². The van der Waals surface area contributed by atoms with Crippen LogP contribution in [0.15, 0.2) is 76.5 Å². The molecule has 2 atom stereocenters. The zero-order chi connectivity index (χ0) is 26.2. The normalized spacial score (nSPS) is 17.5. The van der Waals surface area contributed by atoms with Gasteiger partial charge in [0.05, 0.1) is 5.70 Å². The highest BCUT2D eigenvalue weighted by Crippen LogP contribution is 2.25. The molecule has 0 aliphatic carbocycles. The molecule has 36 heavy (non-hydrogen) atoms. The predicted octanol–water partition coefficient (Wildman–Crippen LogP) is 10.3. The van der Waals surface area contributed by atoms with Gasteiger partial charge in [-0.3, -0.25) is 9.98 Å². The first kappa shape index (κ1) is 29.7. The van der Waals surface area contributed by atoms with Crippen molar-refractivity contribution >= 4 is 17.5 Å². The highest BCUT2D eigenvalue weighted by molar-refractivity contribution is 5.82. The first-order valence-corrected chi connectivity index (χ1v) is 14.4. The number of nitrogens with zero attached hydrogens (tertiary/aromatic N) is 2. The molecule has 0 saturated heterocycles. The summed E-state index contributed by atoms with van der Waals surface area (Å²) in [6, 6.07) is 8.71. The molecule has 196 valence electrons. The molecule has 2 rings (SSSR count). The quantitative estimate of drug-likeness (QED) is 0.208. The van der Waals surface area contributed by atoms with Crippen molar-refractivity contribution in [3.05, 3.63) is 77.7 Å². The molecular weight excluding hydrogens is 436 g/mol. The van der Waals surface area contributed by atoms with Crippen LogP contribution in [-0.4, -0.2) is 11.9 Å². The smallest absolute Gasteiger partial charge is 0.0585 e. The Kier molecular flexibility index (Phi) is 14.1. The minimum absolute atomic E-state index is 0.539. The van der Waals surface area contributed by atoms with Gasteiger partial charge in [-0.1, -0.05) is 96.0 Å². The van der Waals surface area contributed by atoms with Crippen LogP contribution in [0.1, 0.15) is 110 Å². The van der Waals surface area contributed by atoms with Crippen LogP contribution < -0.4 is 0 Å². The Bertz CT molecular complexity index is 957. The third kappa shape index (κ3) is 10.6. The van der Waals surface area contributed by atoms with Crippen LogP contribution in [0.5, 0.6) is 0 Å². The molecule has 2 unspecified atom stereocenters. The topological polar surface area (TPSA) is 24.7 Å². The highest BCUT2D eigenvalue weighted by Gasteiger charge is 2.11. The van der Waals surface area contributed by atoms with Crippen molar-refractivity contribution < 1.29 is 0 Å². The van der Waals surface area contributed by atoms with Crippen molar-refractivity contribution in [3.63, 3.8) is 0 Å². The molecule has 0 amide bonds. The summed E-state index contributed by atoms with van der Waals surface area (Å²) in [7, 11) is 0. The van der Waals surface area contributed by atoms with Gasteiger partial charge >= 0.3 is 0 Å². The Morgan fingerprint density at radius 2 is 1.97 bits per heavy atom. The predicted molar refractivity (Wildman–Crippen MR) is 162 cm³/mol. The summed E-state index contributed by atoms with van der Waals surface area (Å²) >= 11 is 0. The molecule has 1 aromatic rings. The molecular formula is C34H50N2. The van der Waals surface area contributed by atoms with Crippen LogP contribution in [0.4, 0.5) is 0 Å². The lowest BCUT2D eigenvalue weighted by Gasteiger charge is -2.16. The van der Waals surface area contributed by atoms with E-state index in [9.17, 15) is 0 Å². The lowest BCUT2D eigenvalue weighted by atomic mass is 9.94. The Labute approximate surface area is 222 Å². The molecule has 0 fully saturated rings. The molecule has 2 nitrogen and oxygen atoms in total. The summed E-state index contributed by atoms with van der Waals surface area (Å²) in [5.74, 6) is 1.09. The van der Waals surface area contributed by atoms with E-state index in [1.807, 2.05) is 0 Å². The molecule has 0 bridgehead atoms. The Morgan fingerprint density at radius 1 is 1.17 bits per heavy atom. The molecule has 0 spiro atoms. The Hall–Kier alpha value is -2.48. The number of rotatable bonds is 16.